The molecule has 2 nitrogen and oxygen atoms in total. The van der Waals surface area contributed by atoms with E-state index in [4.69, 9.17) is 4.12 Å². The quantitative estimate of drug-likeness (QED) is 0.583. The molecule has 6 heteroatoms. The summed E-state index contributed by atoms with van der Waals surface area (Å²) in [7, 11) is 0.685. The second kappa shape index (κ2) is 9.56. The van der Waals surface area contributed by atoms with Crippen molar-refractivity contribution in [3.8, 4) is 0 Å². The van der Waals surface area contributed by atoms with Crippen molar-refractivity contribution >= 4 is 45.0 Å². The first-order chi connectivity index (χ1) is 6.70. The van der Waals surface area contributed by atoms with E-state index < -0.39 is 18.8 Å². The van der Waals surface area contributed by atoms with Gasteiger partial charge >= 0.3 is 0 Å². The SMILES string of the molecule is C[SiH](C)O[SiH2]c1ccccc1.[SiH3]O[SiH3]. The predicted octanol–water partition coefficient (Wildman–Crippen LogP) is -2.04. The Morgan fingerprint density at radius 2 is 1.64 bits per heavy atom. The highest BCUT2D eigenvalue weighted by Gasteiger charge is 1.96. The third-order valence-electron chi connectivity index (χ3n) is 1.43. The zero-order valence-electron chi connectivity index (χ0n) is 9.49. The summed E-state index contributed by atoms with van der Waals surface area (Å²) < 4.78 is 10.2. The van der Waals surface area contributed by atoms with E-state index in [0.717, 1.165) is 21.0 Å². The van der Waals surface area contributed by atoms with Crippen LogP contribution in [0.1, 0.15) is 0 Å². The second-order valence-electron chi connectivity index (χ2n) is 3.25. The average molecular weight is 261 g/mol. The van der Waals surface area contributed by atoms with Gasteiger partial charge in [0.15, 0.2) is 18.8 Å². The van der Waals surface area contributed by atoms with Crippen molar-refractivity contribution in [3.63, 3.8) is 0 Å². The third-order valence-corrected chi connectivity index (χ3v) is 5.56. The predicted molar refractivity (Wildman–Crippen MR) is 75.5 cm³/mol. The van der Waals surface area contributed by atoms with Gasteiger partial charge in [-0.3, -0.25) is 0 Å². The van der Waals surface area contributed by atoms with Crippen LogP contribution in [0.4, 0.5) is 0 Å². The molecular formula is C8H20O2Si4. The zero-order valence-corrected chi connectivity index (χ0v) is 16.1. The van der Waals surface area contributed by atoms with Gasteiger partial charge in [0.1, 0.15) is 21.0 Å². The lowest BCUT2D eigenvalue weighted by molar-refractivity contribution is 0.635. The molecule has 14 heavy (non-hydrogen) atoms. The van der Waals surface area contributed by atoms with Gasteiger partial charge in [-0.2, -0.15) is 0 Å². The normalized spacial score (nSPS) is 10.8. The summed E-state index contributed by atoms with van der Waals surface area (Å²) in [4.78, 5) is 0. The Hall–Kier alpha value is 0.00753. The summed E-state index contributed by atoms with van der Waals surface area (Å²) in [6, 6.07) is 10.5. The van der Waals surface area contributed by atoms with E-state index in [9.17, 15) is 0 Å². The van der Waals surface area contributed by atoms with E-state index in [1.807, 2.05) is 6.07 Å². The van der Waals surface area contributed by atoms with Crippen LogP contribution in [0.25, 0.3) is 0 Å². The molecule has 0 atom stereocenters. The average Bonchev–Trinajstić information content (AvgIpc) is 2.18. The molecule has 0 aromatic heterocycles. The Morgan fingerprint density at radius 1 is 1.14 bits per heavy atom. The van der Waals surface area contributed by atoms with E-state index in [1.165, 1.54) is 5.19 Å². The molecule has 1 rings (SSSR count). The highest BCUT2D eigenvalue weighted by Crippen LogP contribution is 1.84. The molecule has 0 heterocycles. The van der Waals surface area contributed by atoms with E-state index in [0.29, 0.717) is 0 Å². The van der Waals surface area contributed by atoms with Gasteiger partial charge in [-0.15, -0.1) is 0 Å². The molecule has 0 fully saturated rings. The summed E-state index contributed by atoms with van der Waals surface area (Å²) in [6.07, 6.45) is 0. The highest BCUT2D eigenvalue weighted by atomic mass is 28.3. The molecule has 0 radical (unpaired) electrons. The van der Waals surface area contributed by atoms with Gasteiger partial charge in [0, 0.05) is 0 Å². The van der Waals surface area contributed by atoms with Crippen LogP contribution >= 0.6 is 0 Å². The van der Waals surface area contributed by atoms with Crippen molar-refractivity contribution in [1.29, 1.82) is 0 Å². The maximum absolute atomic E-state index is 5.71. The van der Waals surface area contributed by atoms with Crippen LogP contribution in [0.3, 0.4) is 0 Å². The fourth-order valence-electron chi connectivity index (χ4n) is 0.837. The molecule has 0 aliphatic heterocycles. The van der Waals surface area contributed by atoms with Gasteiger partial charge in [0.2, 0.25) is 0 Å². The minimum atomic E-state index is -0.779. The van der Waals surface area contributed by atoms with Crippen molar-refractivity contribution in [1.82, 2.24) is 0 Å². The summed E-state index contributed by atoms with van der Waals surface area (Å²) in [6.45, 7) is 4.44. The van der Waals surface area contributed by atoms with E-state index >= 15 is 0 Å². The van der Waals surface area contributed by atoms with Gasteiger partial charge in [-0.25, -0.2) is 0 Å². The van der Waals surface area contributed by atoms with Crippen LogP contribution in [0, 0.1) is 0 Å². The maximum Gasteiger partial charge on any atom is 0.178 e. The molecule has 0 amide bonds. The van der Waals surface area contributed by atoms with Gasteiger partial charge in [-0.1, -0.05) is 30.3 Å². The number of hydrogen-bond acceptors (Lipinski definition) is 2. The van der Waals surface area contributed by atoms with Crippen LogP contribution in [0.15, 0.2) is 30.3 Å². The van der Waals surface area contributed by atoms with Gasteiger partial charge in [-0.05, 0) is 18.3 Å². The molecule has 0 saturated heterocycles. The summed E-state index contributed by atoms with van der Waals surface area (Å²) in [5, 5.41) is 1.41. The molecule has 0 spiro atoms. The van der Waals surface area contributed by atoms with E-state index in [2.05, 4.69) is 41.5 Å². The summed E-state index contributed by atoms with van der Waals surface area (Å²) >= 11 is 0. The number of benzene rings is 1. The first-order valence-electron chi connectivity index (χ1n) is 4.76. The van der Waals surface area contributed by atoms with E-state index in [-0.39, 0.29) is 0 Å². The zero-order chi connectivity index (χ0) is 10.8. The standard InChI is InChI=1S/C8H14OSi2.H6OSi2/c1-11(2)9-10-8-6-4-3-5-7-8;2-1-3/h3-7,11H,10H2,1-2H3;2-3H3. The first-order valence-corrected chi connectivity index (χ1v) is 10.5. The van der Waals surface area contributed by atoms with Gasteiger partial charge < -0.3 is 8.23 Å². The number of rotatable bonds is 3. The van der Waals surface area contributed by atoms with Crippen LogP contribution in [0.2, 0.25) is 13.1 Å². The lowest BCUT2D eigenvalue weighted by Gasteiger charge is -2.05. The smallest absolute Gasteiger partial charge is 0.178 e. The van der Waals surface area contributed by atoms with Crippen LogP contribution in [0.5, 0.6) is 0 Å². The second-order valence-corrected chi connectivity index (χ2v) is 11.1. The summed E-state index contributed by atoms with van der Waals surface area (Å²) in [5.41, 5.74) is 0. The lowest BCUT2D eigenvalue weighted by atomic mass is 10.4. The Labute approximate surface area is 96.8 Å². The largest absolute Gasteiger partial charge is 0.471 e. The minimum absolute atomic E-state index is 0.397. The van der Waals surface area contributed by atoms with Gasteiger partial charge in [0.25, 0.3) is 0 Å². The van der Waals surface area contributed by atoms with Crippen molar-refractivity contribution in [2.75, 3.05) is 0 Å². The van der Waals surface area contributed by atoms with Crippen LogP contribution in [-0.2, 0) is 8.23 Å². The first kappa shape index (κ1) is 14.0. The molecular weight excluding hydrogens is 240 g/mol. The third kappa shape index (κ3) is 8.60. The Bertz CT molecular complexity index is 218. The van der Waals surface area contributed by atoms with Crippen molar-refractivity contribution in [2.24, 2.45) is 0 Å². The van der Waals surface area contributed by atoms with Crippen molar-refractivity contribution in [3.05, 3.63) is 30.3 Å². The Balaban J connectivity index is 0.000000500. The molecule has 1 aromatic carbocycles. The topological polar surface area (TPSA) is 18.5 Å². The Morgan fingerprint density at radius 3 is 2.07 bits per heavy atom. The highest BCUT2D eigenvalue weighted by molar-refractivity contribution is 6.61. The van der Waals surface area contributed by atoms with Gasteiger partial charge in [0.05, 0.1) is 0 Å². The van der Waals surface area contributed by atoms with E-state index in [1.54, 1.807) is 0 Å². The van der Waals surface area contributed by atoms with Crippen LogP contribution in [-0.4, -0.2) is 39.8 Å². The lowest BCUT2D eigenvalue weighted by Crippen LogP contribution is -2.22. The Kier molecular flexibility index (Phi) is 9.56. The minimum Gasteiger partial charge on any atom is -0.471 e. The number of hydrogen-bond donors (Lipinski definition) is 0. The molecule has 0 aliphatic carbocycles. The molecule has 0 unspecified atom stereocenters. The molecule has 0 N–H and O–H groups in total. The van der Waals surface area contributed by atoms with Crippen LogP contribution < -0.4 is 5.19 Å². The fraction of sp³-hybridized carbons (Fsp3) is 0.250. The fourth-order valence-corrected chi connectivity index (χ4v) is 3.40. The van der Waals surface area contributed by atoms with Crippen molar-refractivity contribution < 1.29 is 8.23 Å². The summed E-state index contributed by atoms with van der Waals surface area (Å²) in [5.74, 6) is 0. The molecule has 1 aromatic rings. The molecule has 0 bridgehead atoms. The monoisotopic (exact) mass is 260 g/mol. The molecule has 0 aliphatic rings. The van der Waals surface area contributed by atoms with Crippen molar-refractivity contribution in [2.45, 2.75) is 13.1 Å². The molecule has 80 valence electrons. The maximum atomic E-state index is 5.71. The molecule has 0 saturated carbocycles.